The Hall–Kier alpha value is -6.30. The van der Waals surface area contributed by atoms with Gasteiger partial charge in [0.1, 0.15) is 24.2 Å². The smallest absolute Gasteiger partial charge is 0.326 e. The molecule has 1 heterocycles. The van der Waals surface area contributed by atoms with Crippen LogP contribution in [-0.4, -0.2) is 103 Å². The molecule has 3 aromatic rings. The number of fused-ring (bicyclic) bond motifs is 1. The van der Waals surface area contributed by atoms with Crippen LogP contribution in [0, 0.1) is 0 Å². The minimum absolute atomic E-state index is 0.0115. The highest BCUT2D eigenvalue weighted by atomic mass is 16.4. The molecule has 0 spiro atoms. The minimum Gasteiger partial charge on any atom is -0.481 e. The normalized spacial score (nSPS) is 13.9. The Morgan fingerprint density at radius 2 is 1.02 bits per heavy atom. The third kappa shape index (κ3) is 11.4. The summed E-state index contributed by atoms with van der Waals surface area (Å²) in [6.45, 7) is 0. The molecule has 4 amide bonds. The number of aliphatic carboxylic acids is 4. The standard InChI is InChI=1S/C32H36N6O12/c33-19(11-17-15-34-20-9-5-4-8-18(17)20)28(45)35-21(12-25(39)40)29(46)36-22(13-26(41)42)30(47)37-23(14-27(43)44)31(48)38-24(32(49)50)10-16-6-2-1-3-7-16/h1-9,15,19,21-24,34H,10-14,33H2,(H,35,45)(H,36,46)(H,37,47)(H,38,48)(H,39,40)(H,41,42)(H,43,44)(H,49,50)/t19-,21-,22-,23-,24-/m0/s1. The van der Waals surface area contributed by atoms with Crippen molar-refractivity contribution in [3.8, 4) is 0 Å². The molecule has 11 N–H and O–H groups in total. The van der Waals surface area contributed by atoms with Crippen LogP contribution in [0.5, 0.6) is 0 Å². The van der Waals surface area contributed by atoms with Gasteiger partial charge in [0.2, 0.25) is 23.6 Å². The molecule has 0 bridgehead atoms. The van der Waals surface area contributed by atoms with Gasteiger partial charge in [0, 0.05) is 23.5 Å². The molecule has 18 heteroatoms. The largest absolute Gasteiger partial charge is 0.481 e. The van der Waals surface area contributed by atoms with E-state index in [1.165, 1.54) is 0 Å². The van der Waals surface area contributed by atoms with Gasteiger partial charge in [-0.3, -0.25) is 33.6 Å². The Bertz CT molecular complexity index is 1740. The Labute approximate surface area is 283 Å². The summed E-state index contributed by atoms with van der Waals surface area (Å²) in [4.78, 5) is 102. The second kappa shape index (κ2) is 17.7. The van der Waals surface area contributed by atoms with E-state index < -0.39 is 97.0 Å². The molecule has 0 fully saturated rings. The van der Waals surface area contributed by atoms with E-state index in [-0.39, 0.29) is 12.8 Å². The van der Waals surface area contributed by atoms with E-state index in [0.29, 0.717) is 11.1 Å². The number of amides is 4. The molecule has 0 radical (unpaired) electrons. The number of hydrogen-bond acceptors (Lipinski definition) is 9. The second-order valence-electron chi connectivity index (χ2n) is 11.2. The molecule has 50 heavy (non-hydrogen) atoms. The summed E-state index contributed by atoms with van der Waals surface area (Å²) in [7, 11) is 0. The average molecular weight is 697 g/mol. The van der Waals surface area contributed by atoms with Gasteiger partial charge in [-0.25, -0.2) is 4.79 Å². The number of H-pyrrole nitrogens is 1. The molecule has 0 unspecified atom stereocenters. The lowest BCUT2D eigenvalue weighted by molar-refractivity contribution is -0.145. The summed E-state index contributed by atoms with van der Waals surface area (Å²) < 4.78 is 0. The van der Waals surface area contributed by atoms with Crippen molar-refractivity contribution in [1.82, 2.24) is 26.3 Å². The number of rotatable bonds is 19. The molecule has 0 aliphatic heterocycles. The maximum absolute atomic E-state index is 13.2. The molecule has 5 atom stereocenters. The highest BCUT2D eigenvalue weighted by Gasteiger charge is 2.34. The SMILES string of the molecule is N[C@@H](Cc1c[nH]c2ccccc12)C(=O)N[C@@H](CC(=O)O)C(=O)N[C@@H](CC(=O)O)C(=O)N[C@@H](CC(=O)O)C(=O)N[C@@H](Cc1ccccc1)C(=O)O. The number of aromatic amines is 1. The number of nitrogens with one attached hydrogen (secondary N) is 5. The van der Waals surface area contributed by atoms with Crippen molar-refractivity contribution in [2.24, 2.45) is 5.73 Å². The Morgan fingerprint density at radius 3 is 1.50 bits per heavy atom. The van der Waals surface area contributed by atoms with Crippen molar-refractivity contribution < 1.29 is 58.8 Å². The van der Waals surface area contributed by atoms with E-state index in [9.17, 15) is 58.8 Å². The summed E-state index contributed by atoms with van der Waals surface area (Å²) in [5.41, 5.74) is 8.00. The third-order valence-corrected chi connectivity index (χ3v) is 7.38. The molecular weight excluding hydrogens is 660 g/mol. The topological polar surface area (TPSA) is 307 Å². The summed E-state index contributed by atoms with van der Waals surface area (Å²) in [6, 6.07) is 6.72. The molecule has 0 saturated heterocycles. The first-order valence-corrected chi connectivity index (χ1v) is 15.1. The van der Waals surface area contributed by atoms with Crippen molar-refractivity contribution in [3.63, 3.8) is 0 Å². The predicted molar refractivity (Wildman–Crippen MR) is 172 cm³/mol. The lowest BCUT2D eigenvalue weighted by atomic mass is 10.0. The Kier molecular flexibility index (Phi) is 13.5. The van der Waals surface area contributed by atoms with E-state index in [1.807, 2.05) is 10.6 Å². The molecule has 2 aromatic carbocycles. The lowest BCUT2D eigenvalue weighted by Crippen LogP contribution is -2.59. The van der Waals surface area contributed by atoms with E-state index >= 15 is 0 Å². The first-order chi connectivity index (χ1) is 23.6. The van der Waals surface area contributed by atoms with Crippen molar-refractivity contribution in [3.05, 3.63) is 71.9 Å². The van der Waals surface area contributed by atoms with Crippen LogP contribution in [-0.2, 0) is 51.2 Å². The third-order valence-electron chi connectivity index (χ3n) is 7.38. The molecule has 266 valence electrons. The zero-order chi connectivity index (χ0) is 37.0. The van der Waals surface area contributed by atoms with Crippen molar-refractivity contribution in [2.45, 2.75) is 62.3 Å². The number of benzene rings is 2. The molecule has 0 aliphatic rings. The monoisotopic (exact) mass is 696 g/mol. The number of carbonyl (C=O) groups is 8. The summed E-state index contributed by atoms with van der Waals surface area (Å²) >= 11 is 0. The molecule has 0 saturated carbocycles. The van der Waals surface area contributed by atoms with Crippen LogP contribution in [0.3, 0.4) is 0 Å². The van der Waals surface area contributed by atoms with Gasteiger partial charge >= 0.3 is 23.9 Å². The Balaban J connectivity index is 1.73. The van der Waals surface area contributed by atoms with Gasteiger partial charge in [-0.2, -0.15) is 0 Å². The van der Waals surface area contributed by atoms with Crippen LogP contribution in [0.15, 0.2) is 60.8 Å². The number of nitrogens with two attached hydrogens (primary N) is 1. The molecule has 3 rings (SSSR count). The predicted octanol–water partition coefficient (Wildman–Crippen LogP) is -1.27. The van der Waals surface area contributed by atoms with Crippen LogP contribution in [0.1, 0.15) is 30.4 Å². The molecule has 18 nitrogen and oxygen atoms in total. The zero-order valence-electron chi connectivity index (χ0n) is 26.3. The fourth-order valence-electron chi connectivity index (χ4n) is 4.93. The van der Waals surface area contributed by atoms with Gasteiger partial charge in [-0.1, -0.05) is 48.5 Å². The number of carboxylic acid groups (broad SMARTS) is 4. The van der Waals surface area contributed by atoms with E-state index in [4.69, 9.17) is 5.73 Å². The van der Waals surface area contributed by atoms with Crippen LogP contribution in [0.4, 0.5) is 0 Å². The van der Waals surface area contributed by atoms with Crippen molar-refractivity contribution in [1.29, 1.82) is 0 Å². The highest BCUT2D eigenvalue weighted by Crippen LogP contribution is 2.19. The molecular formula is C32H36N6O12. The summed E-state index contributed by atoms with van der Waals surface area (Å²) in [5.74, 6) is -11.1. The van der Waals surface area contributed by atoms with Crippen molar-refractivity contribution in [2.75, 3.05) is 0 Å². The van der Waals surface area contributed by atoms with Crippen LogP contribution >= 0.6 is 0 Å². The number of aromatic nitrogens is 1. The van der Waals surface area contributed by atoms with Gasteiger partial charge in [-0.05, 0) is 23.6 Å². The highest BCUT2D eigenvalue weighted by molar-refractivity contribution is 5.98. The summed E-state index contributed by atoms with van der Waals surface area (Å²) in [5, 5.41) is 46.9. The van der Waals surface area contributed by atoms with Gasteiger partial charge < -0.3 is 52.4 Å². The van der Waals surface area contributed by atoms with E-state index in [1.54, 1.807) is 60.8 Å². The number of hydrogen-bond donors (Lipinski definition) is 10. The van der Waals surface area contributed by atoms with E-state index in [2.05, 4.69) is 15.6 Å². The second-order valence-corrected chi connectivity index (χ2v) is 11.2. The first-order valence-electron chi connectivity index (χ1n) is 15.1. The van der Waals surface area contributed by atoms with Gasteiger partial charge in [0.25, 0.3) is 0 Å². The van der Waals surface area contributed by atoms with Gasteiger partial charge in [0.05, 0.1) is 25.3 Å². The zero-order valence-corrected chi connectivity index (χ0v) is 26.3. The molecule has 1 aromatic heterocycles. The quantitative estimate of drug-likeness (QED) is 0.0700. The van der Waals surface area contributed by atoms with Gasteiger partial charge in [-0.15, -0.1) is 0 Å². The van der Waals surface area contributed by atoms with Crippen LogP contribution in [0.25, 0.3) is 10.9 Å². The number of para-hydroxylation sites is 1. The fraction of sp³-hybridized carbons (Fsp3) is 0.312. The number of carbonyl (C=O) groups excluding carboxylic acids is 4. The number of carboxylic acids is 4. The van der Waals surface area contributed by atoms with Gasteiger partial charge in [0.15, 0.2) is 0 Å². The fourth-order valence-corrected chi connectivity index (χ4v) is 4.93. The lowest BCUT2D eigenvalue weighted by Gasteiger charge is -2.25. The van der Waals surface area contributed by atoms with Crippen LogP contribution < -0.4 is 27.0 Å². The summed E-state index contributed by atoms with van der Waals surface area (Å²) in [6.07, 6.45) is -1.75. The van der Waals surface area contributed by atoms with E-state index in [0.717, 1.165) is 10.9 Å². The first kappa shape index (κ1) is 38.2. The van der Waals surface area contributed by atoms with Crippen LogP contribution in [0.2, 0.25) is 0 Å². The van der Waals surface area contributed by atoms with Crippen molar-refractivity contribution >= 4 is 58.4 Å². The average Bonchev–Trinajstić information content (AvgIpc) is 3.45. The maximum atomic E-state index is 13.2. The Morgan fingerprint density at radius 1 is 0.580 bits per heavy atom. The molecule has 0 aliphatic carbocycles. The minimum atomic E-state index is -2.00. The maximum Gasteiger partial charge on any atom is 0.326 e.